The van der Waals surface area contributed by atoms with E-state index < -0.39 is 5.82 Å². The van der Waals surface area contributed by atoms with Crippen LogP contribution in [0.15, 0.2) is 12.1 Å². The van der Waals surface area contributed by atoms with Crippen LogP contribution in [0.1, 0.15) is 11.1 Å². The van der Waals surface area contributed by atoms with E-state index in [1.54, 1.807) is 13.0 Å². The van der Waals surface area contributed by atoms with Crippen LogP contribution in [0, 0.1) is 24.1 Å². The molecular formula is C8H6FNO. The van der Waals surface area contributed by atoms with Gasteiger partial charge in [-0.2, -0.15) is 5.26 Å². The zero-order valence-corrected chi connectivity index (χ0v) is 5.93. The zero-order chi connectivity index (χ0) is 8.43. The quantitative estimate of drug-likeness (QED) is 0.613. The molecule has 1 rings (SSSR count). The van der Waals surface area contributed by atoms with Crippen molar-refractivity contribution in [3.63, 3.8) is 0 Å². The smallest absolute Gasteiger partial charge is 0.136 e. The lowest BCUT2D eigenvalue weighted by Crippen LogP contribution is -1.85. The summed E-state index contributed by atoms with van der Waals surface area (Å²) in [4.78, 5) is 0. The highest BCUT2D eigenvalue weighted by Crippen LogP contribution is 2.20. The van der Waals surface area contributed by atoms with E-state index in [1.807, 2.05) is 0 Å². The van der Waals surface area contributed by atoms with Gasteiger partial charge in [-0.1, -0.05) is 0 Å². The van der Waals surface area contributed by atoms with Crippen LogP contribution in [0.25, 0.3) is 0 Å². The highest BCUT2D eigenvalue weighted by molar-refractivity contribution is 5.47. The van der Waals surface area contributed by atoms with Crippen LogP contribution in [-0.2, 0) is 0 Å². The molecule has 0 unspecified atom stereocenters. The molecule has 0 bridgehead atoms. The van der Waals surface area contributed by atoms with E-state index in [1.165, 1.54) is 6.07 Å². The van der Waals surface area contributed by atoms with Crippen LogP contribution >= 0.6 is 0 Å². The zero-order valence-electron chi connectivity index (χ0n) is 5.93. The van der Waals surface area contributed by atoms with Gasteiger partial charge in [-0.05, 0) is 18.6 Å². The van der Waals surface area contributed by atoms with Crippen LogP contribution in [0.3, 0.4) is 0 Å². The Bertz CT molecular complexity index is 304. The second-order valence-electron chi connectivity index (χ2n) is 2.23. The Labute approximate surface area is 63.5 Å². The molecule has 0 saturated carbocycles. The number of phenolic OH excluding ortho intramolecular Hbond substituents is 1. The maximum Gasteiger partial charge on any atom is 0.136 e. The first kappa shape index (κ1) is 7.55. The number of aromatic hydroxyl groups is 1. The van der Waals surface area contributed by atoms with Crippen molar-refractivity contribution in [3.05, 3.63) is 29.1 Å². The van der Waals surface area contributed by atoms with E-state index in [4.69, 9.17) is 10.4 Å². The van der Waals surface area contributed by atoms with Crippen LogP contribution in [0.2, 0.25) is 0 Å². The number of nitrogens with zero attached hydrogens (tertiary/aromatic N) is 1. The molecule has 0 heterocycles. The van der Waals surface area contributed by atoms with E-state index in [2.05, 4.69) is 0 Å². The molecule has 56 valence electrons. The molecule has 0 aliphatic carbocycles. The van der Waals surface area contributed by atoms with Gasteiger partial charge in [0.05, 0.1) is 5.56 Å². The topological polar surface area (TPSA) is 44.0 Å². The number of halogens is 1. The summed E-state index contributed by atoms with van der Waals surface area (Å²) in [6, 6.07) is 3.90. The summed E-state index contributed by atoms with van der Waals surface area (Å²) in [6.45, 7) is 1.57. The second-order valence-corrected chi connectivity index (χ2v) is 2.23. The summed E-state index contributed by atoms with van der Waals surface area (Å²) < 4.78 is 12.5. The standard InChI is InChI=1S/C8H6FNO/c1-5-2-6(9)3-8(11)7(5)4-10/h2-3,11H,1H3. The monoisotopic (exact) mass is 151 g/mol. The van der Waals surface area contributed by atoms with Crippen molar-refractivity contribution >= 4 is 0 Å². The van der Waals surface area contributed by atoms with Gasteiger partial charge in [0, 0.05) is 6.07 Å². The fraction of sp³-hybridized carbons (Fsp3) is 0.125. The molecule has 1 aromatic rings. The summed E-state index contributed by atoms with van der Waals surface area (Å²) in [5.74, 6) is -0.830. The minimum absolute atomic E-state index is 0.131. The first-order valence-corrected chi connectivity index (χ1v) is 3.04. The van der Waals surface area contributed by atoms with Gasteiger partial charge in [0.25, 0.3) is 0 Å². The first-order valence-electron chi connectivity index (χ1n) is 3.04. The summed E-state index contributed by atoms with van der Waals surface area (Å²) in [6.07, 6.45) is 0. The van der Waals surface area contributed by atoms with Crippen molar-refractivity contribution in [2.45, 2.75) is 6.92 Å². The Morgan fingerprint density at radius 3 is 2.64 bits per heavy atom. The van der Waals surface area contributed by atoms with Crippen LogP contribution in [0.4, 0.5) is 4.39 Å². The third-order valence-electron chi connectivity index (χ3n) is 1.39. The molecule has 1 aromatic carbocycles. The highest BCUT2D eigenvalue weighted by atomic mass is 19.1. The van der Waals surface area contributed by atoms with Gasteiger partial charge in [-0.15, -0.1) is 0 Å². The van der Waals surface area contributed by atoms with Crippen molar-refractivity contribution in [2.24, 2.45) is 0 Å². The Morgan fingerprint density at radius 1 is 1.55 bits per heavy atom. The largest absolute Gasteiger partial charge is 0.506 e. The molecule has 0 radical (unpaired) electrons. The molecule has 0 atom stereocenters. The van der Waals surface area contributed by atoms with Gasteiger partial charge in [0.1, 0.15) is 17.6 Å². The molecule has 0 fully saturated rings. The molecule has 0 aromatic heterocycles. The number of hydrogen-bond donors (Lipinski definition) is 1. The average Bonchev–Trinajstić information content (AvgIpc) is 1.85. The Balaban J connectivity index is 3.40. The third-order valence-corrected chi connectivity index (χ3v) is 1.39. The third kappa shape index (κ3) is 1.30. The molecule has 11 heavy (non-hydrogen) atoms. The molecule has 0 aliphatic rings. The number of benzene rings is 1. The van der Waals surface area contributed by atoms with E-state index in [0.29, 0.717) is 5.56 Å². The SMILES string of the molecule is Cc1cc(F)cc(O)c1C#N. The normalized spacial score (nSPS) is 9.18. The van der Waals surface area contributed by atoms with Crippen LogP contribution in [0.5, 0.6) is 5.75 Å². The second kappa shape index (κ2) is 2.59. The molecule has 3 heteroatoms. The Hall–Kier alpha value is -1.56. The van der Waals surface area contributed by atoms with E-state index in [9.17, 15) is 4.39 Å². The van der Waals surface area contributed by atoms with Gasteiger partial charge in [-0.3, -0.25) is 0 Å². The minimum atomic E-state index is -0.529. The molecule has 0 saturated heterocycles. The minimum Gasteiger partial charge on any atom is -0.506 e. The maximum absolute atomic E-state index is 12.5. The number of hydrogen-bond acceptors (Lipinski definition) is 2. The summed E-state index contributed by atoms with van der Waals surface area (Å²) in [7, 11) is 0. The summed E-state index contributed by atoms with van der Waals surface area (Å²) in [5.41, 5.74) is 0.580. The van der Waals surface area contributed by atoms with E-state index >= 15 is 0 Å². The van der Waals surface area contributed by atoms with Crippen molar-refractivity contribution in [1.29, 1.82) is 5.26 Å². The average molecular weight is 151 g/mol. The van der Waals surface area contributed by atoms with Gasteiger partial charge in [0.15, 0.2) is 0 Å². The van der Waals surface area contributed by atoms with E-state index in [-0.39, 0.29) is 11.3 Å². The number of rotatable bonds is 0. The van der Waals surface area contributed by atoms with Gasteiger partial charge < -0.3 is 5.11 Å². The number of nitriles is 1. The fourth-order valence-electron chi connectivity index (χ4n) is 0.871. The Morgan fingerprint density at radius 2 is 2.18 bits per heavy atom. The molecule has 0 amide bonds. The van der Waals surface area contributed by atoms with E-state index in [0.717, 1.165) is 6.07 Å². The molecule has 1 N–H and O–H groups in total. The summed E-state index contributed by atoms with van der Waals surface area (Å²) in [5, 5.41) is 17.5. The predicted molar refractivity (Wildman–Crippen MR) is 37.5 cm³/mol. The molecule has 0 spiro atoms. The number of phenols is 1. The van der Waals surface area contributed by atoms with Gasteiger partial charge >= 0.3 is 0 Å². The predicted octanol–water partition coefficient (Wildman–Crippen LogP) is 1.71. The lowest BCUT2D eigenvalue weighted by atomic mass is 10.1. The van der Waals surface area contributed by atoms with Crippen molar-refractivity contribution in [3.8, 4) is 11.8 Å². The van der Waals surface area contributed by atoms with Gasteiger partial charge in [-0.25, -0.2) is 4.39 Å². The molecular weight excluding hydrogens is 145 g/mol. The first-order chi connectivity index (χ1) is 5.15. The number of aryl methyl sites for hydroxylation is 1. The molecule has 2 nitrogen and oxygen atoms in total. The maximum atomic E-state index is 12.5. The van der Waals surface area contributed by atoms with Crippen LogP contribution in [-0.4, -0.2) is 5.11 Å². The van der Waals surface area contributed by atoms with Gasteiger partial charge in [0.2, 0.25) is 0 Å². The Kier molecular flexibility index (Phi) is 1.77. The van der Waals surface area contributed by atoms with Crippen molar-refractivity contribution in [2.75, 3.05) is 0 Å². The van der Waals surface area contributed by atoms with Crippen molar-refractivity contribution in [1.82, 2.24) is 0 Å². The fourth-order valence-corrected chi connectivity index (χ4v) is 0.871. The molecule has 0 aliphatic heterocycles. The summed E-state index contributed by atoms with van der Waals surface area (Å²) >= 11 is 0. The highest BCUT2D eigenvalue weighted by Gasteiger charge is 2.05. The lowest BCUT2D eigenvalue weighted by molar-refractivity contribution is 0.466. The lowest BCUT2D eigenvalue weighted by Gasteiger charge is -1.99. The van der Waals surface area contributed by atoms with Crippen molar-refractivity contribution < 1.29 is 9.50 Å². The van der Waals surface area contributed by atoms with Crippen LogP contribution < -0.4 is 0 Å².